The van der Waals surface area contributed by atoms with Crippen LogP contribution in [0.25, 0.3) is 10.9 Å². The van der Waals surface area contributed by atoms with Crippen molar-refractivity contribution >= 4 is 34.4 Å². The number of carbonyl (C=O) groups is 3. The number of hydrogen-bond acceptors (Lipinski definition) is 3. The van der Waals surface area contributed by atoms with Crippen LogP contribution in [-0.4, -0.2) is 40.3 Å². The molecule has 31 heavy (non-hydrogen) atoms. The lowest BCUT2D eigenvalue weighted by atomic mass is 9.87. The number of carbonyl (C=O) groups excluding carboxylic acids is 3. The molecule has 0 aliphatic carbocycles. The molecule has 2 aromatic carbocycles. The monoisotopic (exact) mass is 418 g/mol. The zero-order valence-corrected chi connectivity index (χ0v) is 17.9. The van der Waals surface area contributed by atoms with E-state index in [0.29, 0.717) is 12.1 Å². The van der Waals surface area contributed by atoms with Crippen LogP contribution in [0.1, 0.15) is 31.9 Å². The van der Waals surface area contributed by atoms with E-state index >= 15 is 0 Å². The van der Waals surface area contributed by atoms with Crippen LogP contribution in [0.4, 0.5) is 10.5 Å². The number of para-hydroxylation sites is 1. The summed E-state index contributed by atoms with van der Waals surface area (Å²) in [6.45, 7) is 6.02. The summed E-state index contributed by atoms with van der Waals surface area (Å²) in [5.41, 5.74) is 3.71. The summed E-state index contributed by atoms with van der Waals surface area (Å²) in [5.74, 6) is -0.812. The Labute approximate surface area is 180 Å². The highest BCUT2D eigenvalue weighted by molar-refractivity contribution is 6.08. The first-order valence-electron chi connectivity index (χ1n) is 10.3. The van der Waals surface area contributed by atoms with Gasteiger partial charge in [-0.2, -0.15) is 0 Å². The number of rotatable bonds is 5. The van der Waals surface area contributed by atoms with Crippen LogP contribution in [0, 0.1) is 0 Å². The number of benzene rings is 2. The largest absolute Gasteiger partial charge is 0.361 e. The van der Waals surface area contributed by atoms with Crippen LogP contribution in [0.5, 0.6) is 0 Å². The number of urea groups is 1. The topological polar surface area (TPSA) is 94.3 Å². The molecule has 0 radical (unpaired) electrons. The van der Waals surface area contributed by atoms with Crippen LogP contribution in [0.2, 0.25) is 0 Å². The number of aromatic amines is 1. The Balaban J connectivity index is 1.39. The predicted octanol–water partition coefficient (Wildman–Crippen LogP) is 3.57. The summed E-state index contributed by atoms with van der Waals surface area (Å²) in [6, 6.07) is 14.1. The molecule has 1 aliphatic rings. The Morgan fingerprint density at radius 3 is 2.48 bits per heavy atom. The van der Waals surface area contributed by atoms with E-state index < -0.39 is 23.9 Å². The van der Waals surface area contributed by atoms with Gasteiger partial charge in [0.15, 0.2) is 0 Å². The van der Waals surface area contributed by atoms with Gasteiger partial charge in [-0.15, -0.1) is 0 Å². The van der Waals surface area contributed by atoms with Crippen LogP contribution in [0.15, 0.2) is 54.7 Å². The van der Waals surface area contributed by atoms with E-state index in [4.69, 9.17) is 0 Å². The van der Waals surface area contributed by atoms with E-state index in [-0.39, 0.29) is 12.0 Å². The normalized spacial score (nSPS) is 16.6. The van der Waals surface area contributed by atoms with Gasteiger partial charge in [0.2, 0.25) is 5.91 Å². The summed E-state index contributed by atoms with van der Waals surface area (Å²) in [4.78, 5) is 41.7. The van der Waals surface area contributed by atoms with Crippen molar-refractivity contribution in [3.8, 4) is 0 Å². The molecule has 1 fully saturated rings. The fourth-order valence-electron chi connectivity index (χ4n) is 3.78. The van der Waals surface area contributed by atoms with Crippen LogP contribution < -0.4 is 10.6 Å². The minimum Gasteiger partial charge on any atom is -0.361 e. The number of hydrogen-bond donors (Lipinski definition) is 3. The molecule has 0 spiro atoms. The van der Waals surface area contributed by atoms with Crippen molar-refractivity contribution in [2.45, 2.75) is 38.6 Å². The minimum atomic E-state index is -0.689. The number of imide groups is 1. The smallest absolute Gasteiger partial charge is 0.325 e. The minimum absolute atomic E-state index is 0.0163. The van der Waals surface area contributed by atoms with Crippen molar-refractivity contribution in [3.63, 3.8) is 0 Å². The number of aromatic nitrogens is 1. The van der Waals surface area contributed by atoms with Crippen molar-refractivity contribution < 1.29 is 14.4 Å². The zero-order chi connectivity index (χ0) is 22.2. The first-order valence-corrected chi connectivity index (χ1v) is 10.3. The molecule has 160 valence electrons. The van der Waals surface area contributed by atoms with Crippen molar-refractivity contribution in [3.05, 3.63) is 65.9 Å². The maximum atomic E-state index is 12.8. The second-order valence-electron chi connectivity index (χ2n) is 8.87. The van der Waals surface area contributed by atoms with Gasteiger partial charge in [0.25, 0.3) is 5.91 Å². The number of nitrogens with one attached hydrogen (secondary N) is 3. The average molecular weight is 418 g/mol. The Morgan fingerprint density at radius 2 is 1.77 bits per heavy atom. The van der Waals surface area contributed by atoms with Gasteiger partial charge in [-0.1, -0.05) is 51.1 Å². The molecule has 3 N–H and O–H groups in total. The summed E-state index contributed by atoms with van der Waals surface area (Å²) in [5, 5.41) is 6.46. The number of fused-ring (bicyclic) bond motifs is 1. The summed E-state index contributed by atoms with van der Waals surface area (Å²) in [7, 11) is 0. The number of anilines is 1. The second-order valence-corrected chi connectivity index (χ2v) is 8.87. The molecule has 1 aromatic heterocycles. The molecular formula is C24H26N4O3. The van der Waals surface area contributed by atoms with Gasteiger partial charge in [-0.25, -0.2) is 4.79 Å². The van der Waals surface area contributed by atoms with Gasteiger partial charge >= 0.3 is 6.03 Å². The molecule has 7 heteroatoms. The Morgan fingerprint density at radius 1 is 1.06 bits per heavy atom. The summed E-state index contributed by atoms with van der Waals surface area (Å²) in [6.07, 6.45) is 2.21. The number of amides is 4. The Kier molecular flexibility index (Phi) is 5.27. The quantitative estimate of drug-likeness (QED) is 0.553. The van der Waals surface area contributed by atoms with E-state index in [9.17, 15) is 14.4 Å². The summed E-state index contributed by atoms with van der Waals surface area (Å²) >= 11 is 0. The van der Waals surface area contributed by atoms with Gasteiger partial charge in [0.1, 0.15) is 12.6 Å². The lowest BCUT2D eigenvalue weighted by Gasteiger charge is -2.19. The van der Waals surface area contributed by atoms with Gasteiger partial charge in [0, 0.05) is 29.2 Å². The number of H-pyrrole nitrogens is 1. The molecule has 2 heterocycles. The van der Waals surface area contributed by atoms with Gasteiger partial charge in [-0.05, 0) is 34.7 Å². The molecule has 3 aromatic rings. The van der Waals surface area contributed by atoms with E-state index in [1.54, 1.807) is 0 Å². The fraction of sp³-hybridized carbons (Fsp3) is 0.292. The molecule has 0 saturated carbocycles. The van der Waals surface area contributed by atoms with Gasteiger partial charge < -0.3 is 15.6 Å². The third kappa shape index (κ3) is 4.30. The Hall–Kier alpha value is -3.61. The molecule has 0 bridgehead atoms. The van der Waals surface area contributed by atoms with Crippen LogP contribution in [0.3, 0.4) is 0 Å². The third-order valence-electron chi connectivity index (χ3n) is 5.54. The van der Waals surface area contributed by atoms with E-state index in [2.05, 4.69) is 36.4 Å². The molecule has 4 rings (SSSR count). The predicted molar refractivity (Wildman–Crippen MR) is 120 cm³/mol. The second kappa shape index (κ2) is 7.91. The highest BCUT2D eigenvalue weighted by atomic mass is 16.2. The molecule has 1 atom stereocenters. The lowest BCUT2D eigenvalue weighted by molar-refractivity contribution is -0.130. The van der Waals surface area contributed by atoms with Crippen molar-refractivity contribution in [1.82, 2.24) is 15.2 Å². The van der Waals surface area contributed by atoms with Gasteiger partial charge in [-0.3, -0.25) is 14.5 Å². The highest BCUT2D eigenvalue weighted by Gasteiger charge is 2.39. The lowest BCUT2D eigenvalue weighted by Crippen LogP contribution is -2.38. The average Bonchev–Trinajstić information content (AvgIpc) is 3.24. The Bertz CT molecular complexity index is 1140. The third-order valence-corrected chi connectivity index (χ3v) is 5.54. The van der Waals surface area contributed by atoms with Crippen molar-refractivity contribution in [2.24, 2.45) is 0 Å². The van der Waals surface area contributed by atoms with Crippen LogP contribution in [-0.2, 0) is 21.4 Å². The molecular weight excluding hydrogens is 392 g/mol. The number of nitrogens with zero attached hydrogens (tertiary/aromatic N) is 1. The van der Waals surface area contributed by atoms with E-state index in [1.165, 1.54) is 0 Å². The molecule has 1 saturated heterocycles. The molecule has 0 unspecified atom stereocenters. The van der Waals surface area contributed by atoms with Gasteiger partial charge in [0.05, 0.1) is 0 Å². The van der Waals surface area contributed by atoms with E-state index in [0.717, 1.165) is 26.9 Å². The molecule has 7 nitrogen and oxygen atoms in total. The maximum absolute atomic E-state index is 12.8. The standard InChI is InChI=1S/C24H26N4O3/c1-24(2,3)16-8-10-17(11-9-16)26-21(29)14-28-22(30)20(27-23(28)31)12-15-13-25-19-7-5-4-6-18(15)19/h4-11,13,20,25H,12,14H2,1-3H3,(H,26,29)(H,27,31)/t20-/m0/s1. The fourth-order valence-corrected chi connectivity index (χ4v) is 3.78. The molecule has 1 aliphatic heterocycles. The molecule has 4 amide bonds. The first kappa shape index (κ1) is 20.7. The first-order chi connectivity index (χ1) is 14.7. The SMILES string of the molecule is CC(C)(C)c1ccc(NC(=O)CN2C(=O)N[C@@H](Cc3c[nH]c4ccccc34)C2=O)cc1. The maximum Gasteiger partial charge on any atom is 0.325 e. The van der Waals surface area contributed by atoms with Crippen LogP contribution >= 0.6 is 0 Å². The van der Waals surface area contributed by atoms with E-state index in [1.807, 2.05) is 54.7 Å². The van der Waals surface area contributed by atoms with Crippen molar-refractivity contribution in [2.75, 3.05) is 11.9 Å². The zero-order valence-electron chi connectivity index (χ0n) is 17.9. The van der Waals surface area contributed by atoms with Crippen molar-refractivity contribution in [1.29, 1.82) is 0 Å². The highest BCUT2D eigenvalue weighted by Crippen LogP contribution is 2.24. The summed E-state index contributed by atoms with van der Waals surface area (Å²) < 4.78 is 0.